The van der Waals surface area contributed by atoms with Crippen LogP contribution >= 0.6 is 11.8 Å². The molecular weight excluding hydrogens is 362 g/mol. The largest absolute Gasteiger partial charge is 0.352 e. The number of likely N-dealkylation sites (tertiary alicyclic amines) is 1. The van der Waals surface area contributed by atoms with Crippen molar-refractivity contribution in [2.45, 2.75) is 54.7 Å². The highest BCUT2D eigenvalue weighted by atomic mass is 32.2. The van der Waals surface area contributed by atoms with E-state index in [1.807, 2.05) is 24.3 Å². The Hall–Kier alpha value is -2.02. The highest BCUT2D eigenvalue weighted by molar-refractivity contribution is 8.01. The van der Waals surface area contributed by atoms with Gasteiger partial charge in [-0.05, 0) is 37.8 Å². The van der Waals surface area contributed by atoms with Gasteiger partial charge in [0.2, 0.25) is 11.8 Å². The average Bonchev–Trinajstić information content (AvgIpc) is 3.37. The Morgan fingerprint density at radius 3 is 2.52 bits per heavy atom. The molecule has 0 bridgehead atoms. The van der Waals surface area contributed by atoms with E-state index < -0.39 is 5.25 Å². The van der Waals surface area contributed by atoms with Crippen LogP contribution in [0.15, 0.2) is 29.2 Å². The Morgan fingerprint density at radius 1 is 1.07 bits per heavy atom. The first kappa shape index (κ1) is 18.3. The zero-order valence-corrected chi connectivity index (χ0v) is 16.2. The molecule has 1 aromatic carbocycles. The number of anilines is 1. The van der Waals surface area contributed by atoms with Gasteiger partial charge >= 0.3 is 0 Å². The van der Waals surface area contributed by atoms with Crippen molar-refractivity contribution >= 4 is 35.2 Å². The predicted molar refractivity (Wildman–Crippen MR) is 105 cm³/mol. The van der Waals surface area contributed by atoms with Gasteiger partial charge in [-0.15, -0.1) is 11.8 Å². The number of carbonyl (C=O) groups excluding carboxylic acids is 3. The highest BCUT2D eigenvalue weighted by Gasteiger charge is 2.41. The van der Waals surface area contributed by atoms with E-state index in [4.69, 9.17) is 0 Å². The lowest BCUT2D eigenvalue weighted by Gasteiger charge is -2.34. The molecule has 1 N–H and O–H groups in total. The molecule has 144 valence electrons. The molecule has 1 aliphatic carbocycles. The Bertz CT molecular complexity index is 742. The Kier molecular flexibility index (Phi) is 5.38. The molecule has 2 heterocycles. The summed E-state index contributed by atoms with van der Waals surface area (Å²) in [5.41, 5.74) is 0.722. The lowest BCUT2D eigenvalue weighted by atomic mass is 10.2. The molecule has 0 unspecified atom stereocenters. The zero-order valence-electron chi connectivity index (χ0n) is 15.4. The molecule has 2 fully saturated rings. The summed E-state index contributed by atoms with van der Waals surface area (Å²) in [5, 5.41) is 2.25. The van der Waals surface area contributed by atoms with Crippen molar-refractivity contribution in [3.8, 4) is 0 Å². The number of rotatable bonds is 4. The molecule has 0 spiro atoms. The van der Waals surface area contributed by atoms with E-state index in [1.165, 1.54) is 16.7 Å². The second-order valence-electron chi connectivity index (χ2n) is 7.47. The van der Waals surface area contributed by atoms with Gasteiger partial charge in [0, 0.05) is 24.0 Å². The number of fused-ring (bicyclic) bond motifs is 1. The summed E-state index contributed by atoms with van der Waals surface area (Å²) in [7, 11) is 0. The predicted octanol–water partition coefficient (Wildman–Crippen LogP) is 2.18. The third-order valence-electron chi connectivity index (χ3n) is 5.56. The van der Waals surface area contributed by atoms with Gasteiger partial charge in [0.15, 0.2) is 5.25 Å². The number of thioether (sulfide) groups is 1. The number of hydrogen-bond donors (Lipinski definition) is 1. The zero-order chi connectivity index (χ0) is 18.8. The number of hydrogen-bond acceptors (Lipinski definition) is 4. The quantitative estimate of drug-likeness (QED) is 0.804. The molecular formula is C20H25N3O3S. The molecule has 1 atom stereocenters. The van der Waals surface area contributed by atoms with E-state index in [1.54, 1.807) is 4.90 Å². The molecule has 1 saturated carbocycles. The number of amides is 3. The normalized spacial score (nSPS) is 22.8. The van der Waals surface area contributed by atoms with Crippen LogP contribution in [0.4, 0.5) is 5.69 Å². The summed E-state index contributed by atoms with van der Waals surface area (Å²) in [6, 6.07) is 7.73. The smallest absolute Gasteiger partial charge is 0.250 e. The average molecular weight is 388 g/mol. The molecule has 6 nitrogen and oxygen atoms in total. The summed E-state index contributed by atoms with van der Waals surface area (Å²) < 4.78 is 0. The second-order valence-corrected chi connectivity index (χ2v) is 8.62. The Balaban J connectivity index is 1.53. The van der Waals surface area contributed by atoms with Crippen LogP contribution in [0.2, 0.25) is 0 Å². The maximum atomic E-state index is 13.1. The van der Waals surface area contributed by atoms with Crippen molar-refractivity contribution < 1.29 is 14.4 Å². The minimum Gasteiger partial charge on any atom is -0.352 e. The van der Waals surface area contributed by atoms with Gasteiger partial charge < -0.3 is 15.1 Å². The number of para-hydroxylation sites is 1. The van der Waals surface area contributed by atoms with Crippen molar-refractivity contribution in [3.63, 3.8) is 0 Å². The van der Waals surface area contributed by atoms with Crippen molar-refractivity contribution in [2.75, 3.05) is 24.5 Å². The first-order valence-corrected chi connectivity index (χ1v) is 10.7. The van der Waals surface area contributed by atoms with Crippen LogP contribution in [-0.2, 0) is 14.4 Å². The molecule has 4 rings (SSSR count). The van der Waals surface area contributed by atoms with Crippen LogP contribution in [-0.4, -0.2) is 53.5 Å². The van der Waals surface area contributed by atoms with Gasteiger partial charge in [-0.1, -0.05) is 25.0 Å². The molecule has 3 aliphatic rings. The van der Waals surface area contributed by atoms with E-state index in [9.17, 15) is 14.4 Å². The van der Waals surface area contributed by atoms with Crippen LogP contribution in [0, 0.1) is 0 Å². The van der Waals surface area contributed by atoms with Crippen molar-refractivity contribution in [1.29, 1.82) is 0 Å². The minimum atomic E-state index is -0.794. The van der Waals surface area contributed by atoms with Crippen LogP contribution < -0.4 is 10.2 Å². The van der Waals surface area contributed by atoms with Gasteiger partial charge in [0.05, 0.1) is 5.69 Å². The molecule has 3 amide bonds. The summed E-state index contributed by atoms with van der Waals surface area (Å²) >= 11 is 1.31. The topological polar surface area (TPSA) is 69.7 Å². The summed E-state index contributed by atoms with van der Waals surface area (Å²) in [6.45, 7) is 1.40. The fourth-order valence-electron chi connectivity index (χ4n) is 4.13. The van der Waals surface area contributed by atoms with Gasteiger partial charge in [0.1, 0.15) is 6.54 Å². The number of nitrogens with zero attached hydrogens (tertiary/aromatic N) is 2. The molecule has 27 heavy (non-hydrogen) atoms. The number of benzene rings is 1. The first-order valence-electron chi connectivity index (χ1n) is 9.79. The van der Waals surface area contributed by atoms with Crippen molar-refractivity contribution in [1.82, 2.24) is 10.2 Å². The van der Waals surface area contributed by atoms with Gasteiger partial charge in [-0.25, -0.2) is 0 Å². The molecule has 1 saturated heterocycles. The van der Waals surface area contributed by atoms with Crippen LogP contribution in [0.3, 0.4) is 0 Å². The summed E-state index contributed by atoms with van der Waals surface area (Å²) in [5.74, 6) is -0.556. The van der Waals surface area contributed by atoms with E-state index in [2.05, 4.69) is 5.32 Å². The lowest BCUT2D eigenvalue weighted by Crippen LogP contribution is -2.52. The fraction of sp³-hybridized carbons (Fsp3) is 0.550. The fourth-order valence-corrected chi connectivity index (χ4v) is 5.31. The van der Waals surface area contributed by atoms with Gasteiger partial charge in [-0.3, -0.25) is 14.4 Å². The third kappa shape index (κ3) is 3.83. The number of carbonyl (C=O) groups is 3. The van der Waals surface area contributed by atoms with E-state index in [0.717, 1.165) is 49.1 Å². The maximum absolute atomic E-state index is 13.1. The van der Waals surface area contributed by atoms with E-state index in [-0.39, 0.29) is 30.3 Å². The molecule has 0 radical (unpaired) electrons. The van der Waals surface area contributed by atoms with Crippen molar-refractivity contribution in [3.05, 3.63) is 24.3 Å². The van der Waals surface area contributed by atoms with Gasteiger partial charge in [0.25, 0.3) is 5.91 Å². The molecule has 1 aromatic rings. The van der Waals surface area contributed by atoms with Crippen LogP contribution in [0.25, 0.3) is 0 Å². The first-order chi connectivity index (χ1) is 13.1. The lowest BCUT2D eigenvalue weighted by molar-refractivity contribution is -0.134. The van der Waals surface area contributed by atoms with Crippen LogP contribution in [0.5, 0.6) is 0 Å². The van der Waals surface area contributed by atoms with E-state index in [0.29, 0.717) is 13.1 Å². The monoisotopic (exact) mass is 387 g/mol. The molecule has 7 heteroatoms. The molecule has 2 aliphatic heterocycles. The van der Waals surface area contributed by atoms with E-state index >= 15 is 0 Å². The third-order valence-corrected chi connectivity index (χ3v) is 6.79. The van der Waals surface area contributed by atoms with Gasteiger partial charge in [-0.2, -0.15) is 0 Å². The highest BCUT2D eigenvalue weighted by Crippen LogP contribution is 2.40. The Labute approximate surface area is 163 Å². The Morgan fingerprint density at radius 2 is 1.78 bits per heavy atom. The summed E-state index contributed by atoms with van der Waals surface area (Å²) in [4.78, 5) is 42.7. The minimum absolute atomic E-state index is 0.0311. The summed E-state index contributed by atoms with van der Waals surface area (Å²) in [6.07, 6.45) is 6.26. The van der Waals surface area contributed by atoms with Crippen molar-refractivity contribution in [2.24, 2.45) is 0 Å². The van der Waals surface area contributed by atoms with Crippen LogP contribution in [0.1, 0.15) is 38.5 Å². The second kappa shape index (κ2) is 7.92. The maximum Gasteiger partial charge on any atom is 0.250 e. The standard InChI is InChI=1S/C20H25N3O3S/c24-17(21-14-7-1-2-8-14)13-23-15-9-3-4-10-16(15)27-18(20(23)26)19(25)22-11-5-6-12-22/h3-4,9-10,14,18H,1-2,5-8,11-13H2,(H,21,24)/t18-/m1/s1. The SMILES string of the molecule is O=C(CN1C(=O)[C@@H](C(=O)N2CCCC2)Sc2ccccc21)NC1CCCC1. The molecule has 0 aromatic heterocycles. The number of nitrogens with one attached hydrogen (secondary N) is 1.